The van der Waals surface area contributed by atoms with Crippen molar-refractivity contribution in [3.63, 3.8) is 0 Å². The second-order valence-corrected chi connectivity index (χ2v) is 8.27. The van der Waals surface area contributed by atoms with Crippen LogP contribution in [-0.2, 0) is 9.59 Å². The molecule has 168 valence electrons. The molecule has 3 aromatic carbocycles. The summed E-state index contributed by atoms with van der Waals surface area (Å²) < 4.78 is 19.3. The summed E-state index contributed by atoms with van der Waals surface area (Å²) in [7, 11) is 1.74. The maximum atomic E-state index is 13.6. The number of ether oxygens (including phenoxy) is 1. The van der Waals surface area contributed by atoms with Gasteiger partial charge in [-0.2, -0.15) is 0 Å². The van der Waals surface area contributed by atoms with Crippen molar-refractivity contribution in [1.29, 1.82) is 0 Å². The number of rotatable bonds is 7. The molecule has 0 aromatic heterocycles. The fraction of sp³-hybridized carbons (Fsp3) is 0.185. The van der Waals surface area contributed by atoms with Gasteiger partial charge in [0, 0.05) is 12.7 Å². The lowest BCUT2D eigenvalue weighted by Crippen LogP contribution is -2.34. The number of benzene rings is 3. The summed E-state index contributed by atoms with van der Waals surface area (Å²) in [6.07, 6.45) is 0. The van der Waals surface area contributed by atoms with E-state index in [1.165, 1.54) is 24.3 Å². The highest BCUT2D eigenvalue weighted by Crippen LogP contribution is 2.36. The number of nitrogens with zero attached hydrogens (tertiary/aromatic N) is 2. The Bertz CT molecular complexity index is 1190. The Morgan fingerprint density at radius 1 is 0.879 bits per heavy atom. The zero-order valence-corrected chi connectivity index (χ0v) is 18.8. The minimum absolute atomic E-state index is 0.228. The van der Waals surface area contributed by atoms with E-state index in [-0.39, 0.29) is 11.3 Å². The van der Waals surface area contributed by atoms with E-state index in [4.69, 9.17) is 4.74 Å². The molecule has 0 fully saturated rings. The van der Waals surface area contributed by atoms with Crippen LogP contribution in [0, 0.1) is 11.7 Å². The minimum Gasteiger partial charge on any atom is -0.493 e. The van der Waals surface area contributed by atoms with Crippen molar-refractivity contribution in [1.82, 2.24) is 0 Å². The third-order valence-electron chi connectivity index (χ3n) is 5.35. The quantitative estimate of drug-likeness (QED) is 0.465. The fourth-order valence-electron chi connectivity index (χ4n) is 3.68. The lowest BCUT2D eigenvalue weighted by Gasteiger charge is -2.21. The van der Waals surface area contributed by atoms with Gasteiger partial charge >= 0.3 is 0 Å². The van der Waals surface area contributed by atoms with Crippen molar-refractivity contribution in [2.24, 2.45) is 5.92 Å². The topological polar surface area (TPSA) is 49.9 Å². The van der Waals surface area contributed by atoms with Gasteiger partial charge in [-0.15, -0.1) is 0 Å². The second-order valence-electron chi connectivity index (χ2n) is 8.27. The predicted octanol–water partition coefficient (Wildman–Crippen LogP) is 5.28. The maximum absolute atomic E-state index is 13.6. The number of anilines is 2. The average Bonchev–Trinajstić information content (AvgIpc) is 3.08. The Morgan fingerprint density at radius 2 is 1.52 bits per heavy atom. The van der Waals surface area contributed by atoms with Crippen LogP contribution in [0.25, 0.3) is 5.57 Å². The average molecular weight is 445 g/mol. The number of para-hydroxylation sites is 1. The molecule has 2 amide bonds. The molecule has 5 nitrogen and oxygen atoms in total. The molecule has 0 unspecified atom stereocenters. The molecule has 0 atom stereocenters. The summed E-state index contributed by atoms with van der Waals surface area (Å²) in [6.45, 7) is 4.69. The van der Waals surface area contributed by atoms with Crippen LogP contribution >= 0.6 is 0 Å². The molecular weight excluding hydrogens is 419 g/mol. The Hall–Kier alpha value is -3.93. The SMILES string of the molecule is CC(C)COc1ccc(N2C(=O)C(c3ccc(F)cc3)=C(N(C)c3ccccc3)C2=O)cc1. The lowest BCUT2D eigenvalue weighted by molar-refractivity contribution is -0.120. The molecule has 33 heavy (non-hydrogen) atoms. The van der Waals surface area contributed by atoms with Crippen molar-refractivity contribution >= 4 is 28.8 Å². The first kappa shape index (κ1) is 22.3. The van der Waals surface area contributed by atoms with E-state index in [2.05, 4.69) is 13.8 Å². The number of amides is 2. The highest BCUT2D eigenvalue weighted by molar-refractivity contribution is 6.46. The van der Waals surface area contributed by atoms with E-state index in [0.29, 0.717) is 29.5 Å². The standard InChI is InChI=1S/C27H25FN2O3/c1-18(2)17-33-23-15-13-22(14-16-23)30-26(31)24(19-9-11-20(28)12-10-19)25(27(30)32)29(3)21-7-5-4-6-8-21/h4-16,18H,17H2,1-3H3. The first-order valence-electron chi connectivity index (χ1n) is 10.8. The highest BCUT2D eigenvalue weighted by Gasteiger charge is 2.42. The van der Waals surface area contributed by atoms with E-state index in [1.807, 2.05) is 30.3 Å². The fourth-order valence-corrected chi connectivity index (χ4v) is 3.68. The van der Waals surface area contributed by atoms with Gasteiger partial charge in [0.05, 0.1) is 17.9 Å². The number of halogens is 1. The van der Waals surface area contributed by atoms with Crippen LogP contribution in [0.4, 0.5) is 15.8 Å². The van der Waals surface area contributed by atoms with E-state index < -0.39 is 17.6 Å². The van der Waals surface area contributed by atoms with Crippen LogP contribution in [-0.4, -0.2) is 25.5 Å². The zero-order valence-electron chi connectivity index (χ0n) is 18.8. The molecule has 0 radical (unpaired) electrons. The summed E-state index contributed by atoms with van der Waals surface area (Å²) >= 11 is 0. The van der Waals surface area contributed by atoms with Crippen molar-refractivity contribution in [3.8, 4) is 5.75 Å². The Labute approximate surface area is 192 Å². The summed E-state index contributed by atoms with van der Waals surface area (Å²) in [5.41, 5.74) is 2.14. The first-order chi connectivity index (χ1) is 15.9. The van der Waals surface area contributed by atoms with E-state index in [0.717, 1.165) is 10.6 Å². The molecule has 0 bridgehead atoms. The lowest BCUT2D eigenvalue weighted by atomic mass is 10.0. The van der Waals surface area contributed by atoms with Crippen molar-refractivity contribution < 1.29 is 18.7 Å². The second kappa shape index (κ2) is 9.28. The summed E-state index contributed by atoms with van der Waals surface area (Å²) in [5.74, 6) is -0.269. The van der Waals surface area contributed by atoms with Crippen molar-refractivity contribution in [2.75, 3.05) is 23.5 Å². The molecule has 0 spiro atoms. The number of carbonyl (C=O) groups excluding carboxylic acids is 2. The molecule has 1 aliphatic heterocycles. The molecule has 0 N–H and O–H groups in total. The summed E-state index contributed by atoms with van der Waals surface area (Å²) in [4.78, 5) is 30.0. The van der Waals surface area contributed by atoms with Gasteiger partial charge in [-0.05, 0) is 60.0 Å². The molecular formula is C27H25FN2O3. The normalized spacial score (nSPS) is 13.8. The van der Waals surface area contributed by atoms with Crippen molar-refractivity contribution in [2.45, 2.75) is 13.8 Å². The number of hydrogen-bond donors (Lipinski definition) is 0. The van der Waals surface area contributed by atoms with Gasteiger partial charge in [0.15, 0.2) is 0 Å². The van der Waals surface area contributed by atoms with Gasteiger partial charge in [-0.3, -0.25) is 9.59 Å². The number of hydrogen-bond acceptors (Lipinski definition) is 4. The van der Waals surface area contributed by atoms with Gasteiger partial charge in [-0.1, -0.05) is 44.2 Å². The molecule has 4 rings (SSSR count). The Balaban J connectivity index is 1.74. The van der Waals surface area contributed by atoms with Gasteiger partial charge < -0.3 is 9.64 Å². The molecule has 1 aliphatic rings. The first-order valence-corrected chi connectivity index (χ1v) is 10.8. The molecule has 0 aliphatic carbocycles. The summed E-state index contributed by atoms with van der Waals surface area (Å²) in [6, 6.07) is 21.8. The van der Waals surface area contributed by atoms with Crippen LogP contribution < -0.4 is 14.5 Å². The van der Waals surface area contributed by atoms with E-state index >= 15 is 0 Å². The number of imide groups is 1. The van der Waals surface area contributed by atoms with E-state index in [9.17, 15) is 14.0 Å². The van der Waals surface area contributed by atoms with Crippen LogP contribution in [0.5, 0.6) is 5.75 Å². The molecule has 0 saturated carbocycles. The van der Waals surface area contributed by atoms with E-state index in [1.54, 1.807) is 36.2 Å². The van der Waals surface area contributed by atoms with Gasteiger partial charge in [0.25, 0.3) is 11.8 Å². The summed E-state index contributed by atoms with van der Waals surface area (Å²) in [5, 5.41) is 0. The van der Waals surface area contributed by atoms with Crippen molar-refractivity contribution in [3.05, 3.63) is 95.9 Å². The smallest absolute Gasteiger partial charge is 0.282 e. The van der Waals surface area contributed by atoms with Crippen LogP contribution in [0.2, 0.25) is 0 Å². The zero-order chi connectivity index (χ0) is 23.5. The molecule has 0 saturated heterocycles. The third-order valence-corrected chi connectivity index (χ3v) is 5.35. The third kappa shape index (κ3) is 4.51. The molecule has 1 heterocycles. The number of carbonyl (C=O) groups is 2. The maximum Gasteiger partial charge on any atom is 0.282 e. The molecule has 3 aromatic rings. The number of likely N-dealkylation sites (N-methyl/N-ethyl adjacent to an activating group) is 1. The largest absolute Gasteiger partial charge is 0.493 e. The molecule has 6 heteroatoms. The van der Waals surface area contributed by atoms with Crippen LogP contribution in [0.1, 0.15) is 19.4 Å². The van der Waals surface area contributed by atoms with Gasteiger partial charge in [-0.25, -0.2) is 9.29 Å². The monoisotopic (exact) mass is 444 g/mol. The van der Waals surface area contributed by atoms with Crippen LogP contribution in [0.3, 0.4) is 0 Å². The van der Waals surface area contributed by atoms with Gasteiger partial charge in [0.1, 0.15) is 17.3 Å². The minimum atomic E-state index is -0.458. The highest BCUT2D eigenvalue weighted by atomic mass is 19.1. The Kier molecular flexibility index (Phi) is 6.27. The van der Waals surface area contributed by atoms with Crippen LogP contribution in [0.15, 0.2) is 84.6 Å². The Morgan fingerprint density at radius 3 is 2.12 bits per heavy atom. The predicted molar refractivity (Wildman–Crippen MR) is 127 cm³/mol. The van der Waals surface area contributed by atoms with Gasteiger partial charge in [0.2, 0.25) is 0 Å².